The Morgan fingerprint density at radius 2 is 1.93 bits per heavy atom. The van der Waals surface area contributed by atoms with E-state index in [0.29, 0.717) is 5.88 Å². The van der Waals surface area contributed by atoms with Gasteiger partial charge in [0.15, 0.2) is 0 Å². The van der Waals surface area contributed by atoms with Gasteiger partial charge in [-0.2, -0.15) is 15.3 Å². The molecule has 3 aromatic heterocycles. The molecule has 0 aliphatic carbocycles. The fourth-order valence-corrected chi connectivity index (χ4v) is 7.47. The predicted octanol–water partition coefficient (Wildman–Crippen LogP) is 3.68. The van der Waals surface area contributed by atoms with E-state index in [9.17, 15) is 0 Å². The molecule has 2 atom stereocenters. The number of nitrogens with zero attached hydrogens (tertiary/aromatic N) is 5. The number of piperazine rings is 1. The van der Waals surface area contributed by atoms with Gasteiger partial charge in [-0.15, -0.1) is 0 Å². The summed E-state index contributed by atoms with van der Waals surface area (Å²) in [7, 11) is -0.487. The highest BCUT2D eigenvalue weighted by Crippen LogP contribution is 2.67. The molecular weight excluding hydrogens is 396 g/mol. The first-order valence-electron chi connectivity index (χ1n) is 10.7. The van der Waals surface area contributed by atoms with E-state index in [1.165, 1.54) is 5.75 Å². The van der Waals surface area contributed by atoms with E-state index in [1.54, 1.807) is 6.20 Å². The maximum absolute atomic E-state index is 5.78. The van der Waals surface area contributed by atoms with E-state index in [2.05, 4.69) is 48.6 Å². The molecule has 0 spiro atoms. The first-order valence-corrected chi connectivity index (χ1v) is 12.9. The molecule has 3 aromatic rings. The maximum Gasteiger partial charge on any atom is 0.214 e. The van der Waals surface area contributed by atoms with Crippen molar-refractivity contribution < 1.29 is 4.74 Å². The summed E-state index contributed by atoms with van der Waals surface area (Å²) in [6.07, 6.45) is 6.24. The molecule has 0 radical (unpaired) electrons. The average molecular weight is 427 g/mol. The molecule has 0 aromatic carbocycles. The van der Waals surface area contributed by atoms with Crippen molar-refractivity contribution in [3.05, 3.63) is 30.6 Å². The molecule has 2 unspecified atom stereocenters. The SMILES string of the molecule is CC(C)Oc1cc2c(-c3ccnc(N4CCN(S5(C)CC5C)CC4)c3)n[nH]c2cn1. The van der Waals surface area contributed by atoms with Gasteiger partial charge in [-0.05, 0) is 32.2 Å². The number of ether oxygens (including phenoxy) is 1. The second-order valence-corrected chi connectivity index (χ2v) is 12.6. The van der Waals surface area contributed by atoms with Gasteiger partial charge in [0.2, 0.25) is 5.88 Å². The van der Waals surface area contributed by atoms with Crippen LogP contribution in [0.4, 0.5) is 5.82 Å². The van der Waals surface area contributed by atoms with Gasteiger partial charge >= 0.3 is 0 Å². The fourth-order valence-electron chi connectivity index (χ4n) is 4.29. The summed E-state index contributed by atoms with van der Waals surface area (Å²) in [6.45, 7) is 10.7. The minimum Gasteiger partial charge on any atom is -0.475 e. The van der Waals surface area contributed by atoms with Gasteiger partial charge in [-0.3, -0.25) is 9.40 Å². The lowest BCUT2D eigenvalue weighted by atomic mass is 10.1. The van der Waals surface area contributed by atoms with Crippen molar-refractivity contribution in [2.75, 3.05) is 43.1 Å². The number of hydrogen-bond acceptors (Lipinski definition) is 6. The van der Waals surface area contributed by atoms with Gasteiger partial charge in [-0.25, -0.2) is 9.97 Å². The largest absolute Gasteiger partial charge is 0.475 e. The lowest BCUT2D eigenvalue weighted by molar-refractivity contribution is 0.233. The topological polar surface area (TPSA) is 70.2 Å². The number of anilines is 1. The van der Waals surface area contributed by atoms with Crippen LogP contribution in [0, 0.1) is 0 Å². The Balaban J connectivity index is 1.38. The van der Waals surface area contributed by atoms with Gasteiger partial charge in [0.1, 0.15) is 11.5 Å². The van der Waals surface area contributed by atoms with E-state index >= 15 is 0 Å². The van der Waals surface area contributed by atoms with Gasteiger partial charge in [0.25, 0.3) is 0 Å². The van der Waals surface area contributed by atoms with Crippen molar-refractivity contribution in [1.29, 1.82) is 0 Å². The molecule has 5 heterocycles. The zero-order valence-electron chi connectivity index (χ0n) is 18.1. The van der Waals surface area contributed by atoms with E-state index in [0.717, 1.165) is 59.4 Å². The van der Waals surface area contributed by atoms with Crippen molar-refractivity contribution >= 4 is 26.9 Å². The van der Waals surface area contributed by atoms with Crippen LogP contribution in [0.15, 0.2) is 30.6 Å². The average Bonchev–Trinajstić information content (AvgIpc) is 3.17. The Hall–Kier alpha value is -2.32. The highest BCUT2D eigenvalue weighted by molar-refractivity contribution is 8.37. The number of aromatic nitrogens is 4. The van der Waals surface area contributed by atoms with Gasteiger partial charge < -0.3 is 9.64 Å². The molecule has 0 amide bonds. The molecule has 5 rings (SSSR count). The summed E-state index contributed by atoms with van der Waals surface area (Å²) in [6, 6.07) is 6.14. The molecule has 160 valence electrons. The second-order valence-electron chi connectivity index (χ2n) is 8.71. The van der Waals surface area contributed by atoms with Crippen LogP contribution in [-0.2, 0) is 0 Å². The third kappa shape index (κ3) is 3.52. The summed E-state index contributed by atoms with van der Waals surface area (Å²) >= 11 is 0. The highest BCUT2D eigenvalue weighted by Gasteiger charge is 2.46. The monoisotopic (exact) mass is 426 g/mol. The van der Waals surface area contributed by atoms with E-state index in [-0.39, 0.29) is 6.10 Å². The summed E-state index contributed by atoms with van der Waals surface area (Å²) in [5, 5.41) is 9.57. The molecule has 2 saturated heterocycles. The lowest BCUT2D eigenvalue weighted by Crippen LogP contribution is -2.45. The number of hydrogen-bond donors (Lipinski definition) is 1. The molecule has 2 aliphatic rings. The van der Waals surface area contributed by atoms with Crippen LogP contribution in [0.5, 0.6) is 5.88 Å². The Bertz CT molecular complexity index is 1060. The van der Waals surface area contributed by atoms with Crippen LogP contribution in [0.3, 0.4) is 0 Å². The number of rotatable bonds is 5. The number of pyridine rings is 2. The lowest BCUT2D eigenvalue weighted by Gasteiger charge is -2.41. The van der Waals surface area contributed by atoms with Crippen molar-refractivity contribution in [2.45, 2.75) is 32.1 Å². The van der Waals surface area contributed by atoms with Crippen LogP contribution < -0.4 is 9.64 Å². The van der Waals surface area contributed by atoms with E-state index in [4.69, 9.17) is 4.74 Å². The summed E-state index contributed by atoms with van der Waals surface area (Å²) in [5.41, 5.74) is 2.87. The van der Waals surface area contributed by atoms with Crippen molar-refractivity contribution in [3.8, 4) is 17.1 Å². The zero-order valence-corrected chi connectivity index (χ0v) is 18.9. The molecule has 30 heavy (non-hydrogen) atoms. The number of nitrogens with one attached hydrogen (secondary N) is 1. The maximum atomic E-state index is 5.78. The summed E-state index contributed by atoms with van der Waals surface area (Å²) < 4.78 is 8.51. The van der Waals surface area contributed by atoms with Crippen molar-refractivity contribution in [3.63, 3.8) is 0 Å². The minimum absolute atomic E-state index is 0.0826. The normalized spacial score (nSPS) is 26.7. The minimum atomic E-state index is -0.487. The first-order chi connectivity index (χ1) is 14.4. The van der Waals surface area contributed by atoms with Crippen LogP contribution >= 0.6 is 10.2 Å². The van der Waals surface area contributed by atoms with Crippen LogP contribution in [0.2, 0.25) is 0 Å². The Kier molecular flexibility index (Phi) is 4.86. The number of H-pyrrole nitrogens is 1. The molecule has 0 saturated carbocycles. The van der Waals surface area contributed by atoms with Gasteiger partial charge in [0.05, 0.1) is 17.8 Å². The van der Waals surface area contributed by atoms with Crippen LogP contribution in [0.1, 0.15) is 20.8 Å². The highest BCUT2D eigenvalue weighted by atomic mass is 32.3. The van der Waals surface area contributed by atoms with Crippen LogP contribution in [-0.4, -0.2) is 74.0 Å². The Labute approximate surface area is 179 Å². The van der Waals surface area contributed by atoms with Gasteiger partial charge in [0, 0.05) is 60.4 Å². The van der Waals surface area contributed by atoms with Crippen LogP contribution in [0.25, 0.3) is 22.2 Å². The van der Waals surface area contributed by atoms with E-state index < -0.39 is 10.2 Å². The summed E-state index contributed by atoms with van der Waals surface area (Å²) in [5.74, 6) is 3.06. The third-order valence-corrected chi connectivity index (χ3v) is 10.5. The molecule has 8 heteroatoms. The van der Waals surface area contributed by atoms with Gasteiger partial charge in [-0.1, -0.05) is 6.92 Å². The van der Waals surface area contributed by atoms with E-state index in [1.807, 2.05) is 32.2 Å². The van der Waals surface area contributed by atoms with Crippen molar-refractivity contribution in [1.82, 2.24) is 24.5 Å². The smallest absolute Gasteiger partial charge is 0.214 e. The summed E-state index contributed by atoms with van der Waals surface area (Å²) in [4.78, 5) is 11.4. The standard InChI is InChI=1S/C22H30N6OS/c1-15(2)29-21-12-18-19(13-24-21)25-26-22(18)17-5-6-23-20(11-17)27-7-9-28(10-8-27)30(4)14-16(30)3/h5-6,11-13,15-16H,7-10,14H2,1-4H3,(H,25,26). The third-order valence-electron chi connectivity index (χ3n) is 6.27. The molecule has 1 N–H and O–H groups in total. The quantitative estimate of drug-likeness (QED) is 0.628. The first kappa shape index (κ1) is 19.6. The molecular formula is C22H30N6OS. The Morgan fingerprint density at radius 1 is 1.17 bits per heavy atom. The second kappa shape index (κ2) is 7.42. The predicted molar refractivity (Wildman–Crippen MR) is 125 cm³/mol. The molecule has 2 fully saturated rings. The molecule has 7 nitrogen and oxygen atoms in total. The Morgan fingerprint density at radius 3 is 2.63 bits per heavy atom. The fraction of sp³-hybridized carbons (Fsp3) is 0.500. The zero-order chi connectivity index (χ0) is 20.9. The van der Waals surface area contributed by atoms with Crippen molar-refractivity contribution in [2.24, 2.45) is 0 Å². The number of fused-ring (bicyclic) bond motifs is 1. The molecule has 2 aliphatic heterocycles. The number of aromatic amines is 1. The molecule has 0 bridgehead atoms.